The van der Waals surface area contributed by atoms with Gasteiger partial charge in [0.15, 0.2) is 0 Å². The molecule has 1 saturated carbocycles. The van der Waals surface area contributed by atoms with Gasteiger partial charge >= 0.3 is 6.09 Å². The number of ether oxygens (including phenoxy) is 1. The van der Waals surface area contributed by atoms with Crippen LogP contribution in [0.15, 0.2) is 0 Å². The first-order valence-corrected chi connectivity index (χ1v) is 8.75. The zero-order chi connectivity index (χ0) is 16.2. The summed E-state index contributed by atoms with van der Waals surface area (Å²) in [6, 6.07) is 0.976. The summed E-state index contributed by atoms with van der Waals surface area (Å²) < 4.78 is 5.35. The molecule has 1 heterocycles. The lowest BCUT2D eigenvalue weighted by atomic mass is 9.90. The average Bonchev–Trinajstić information content (AvgIpc) is 2.62. The number of nitrogens with one attached hydrogen (secondary N) is 1. The van der Waals surface area contributed by atoms with Crippen molar-refractivity contribution in [3.05, 3.63) is 0 Å². The SMILES string of the molecule is CN1CCCN([C@H]2CC[C@@H](NC(=O)OC(C)(C)C)CC2)CC1. The minimum atomic E-state index is -0.417. The van der Waals surface area contributed by atoms with Crippen LogP contribution in [0.1, 0.15) is 52.9 Å². The summed E-state index contributed by atoms with van der Waals surface area (Å²) in [7, 11) is 2.21. The fourth-order valence-electron chi connectivity index (χ4n) is 3.49. The van der Waals surface area contributed by atoms with Crippen LogP contribution in [0.5, 0.6) is 0 Å². The first-order valence-electron chi connectivity index (χ1n) is 8.75. The molecular weight excluding hydrogens is 278 g/mol. The van der Waals surface area contributed by atoms with Crippen molar-refractivity contribution in [2.24, 2.45) is 0 Å². The summed E-state index contributed by atoms with van der Waals surface area (Å²) in [5.41, 5.74) is -0.417. The van der Waals surface area contributed by atoms with E-state index in [9.17, 15) is 4.79 Å². The van der Waals surface area contributed by atoms with E-state index in [4.69, 9.17) is 4.74 Å². The summed E-state index contributed by atoms with van der Waals surface area (Å²) in [6.07, 6.45) is 5.50. The quantitative estimate of drug-likeness (QED) is 0.851. The van der Waals surface area contributed by atoms with Crippen molar-refractivity contribution < 1.29 is 9.53 Å². The fraction of sp³-hybridized carbons (Fsp3) is 0.941. The highest BCUT2D eigenvalue weighted by Gasteiger charge is 2.28. The van der Waals surface area contributed by atoms with Crippen molar-refractivity contribution >= 4 is 6.09 Å². The van der Waals surface area contributed by atoms with Gasteiger partial charge in [-0.05, 0) is 73.0 Å². The molecule has 0 atom stereocenters. The van der Waals surface area contributed by atoms with Gasteiger partial charge in [-0.15, -0.1) is 0 Å². The van der Waals surface area contributed by atoms with Crippen molar-refractivity contribution in [3.8, 4) is 0 Å². The molecule has 1 amide bonds. The lowest BCUT2D eigenvalue weighted by Crippen LogP contribution is -2.46. The van der Waals surface area contributed by atoms with Crippen LogP contribution in [0.25, 0.3) is 0 Å². The molecule has 5 heteroatoms. The monoisotopic (exact) mass is 311 g/mol. The highest BCUT2D eigenvalue weighted by atomic mass is 16.6. The predicted octanol–water partition coefficient (Wildman–Crippen LogP) is 2.46. The highest BCUT2D eigenvalue weighted by molar-refractivity contribution is 5.68. The van der Waals surface area contributed by atoms with Gasteiger partial charge in [0.25, 0.3) is 0 Å². The van der Waals surface area contributed by atoms with Crippen molar-refractivity contribution in [2.75, 3.05) is 33.2 Å². The number of carbonyl (C=O) groups is 1. The largest absolute Gasteiger partial charge is 0.444 e. The van der Waals surface area contributed by atoms with Gasteiger partial charge in [0.05, 0.1) is 0 Å². The first-order chi connectivity index (χ1) is 10.3. The Balaban J connectivity index is 1.72. The van der Waals surface area contributed by atoms with E-state index >= 15 is 0 Å². The summed E-state index contributed by atoms with van der Waals surface area (Å²) in [4.78, 5) is 16.9. The number of nitrogens with zero attached hydrogens (tertiary/aromatic N) is 2. The minimum Gasteiger partial charge on any atom is -0.444 e. The van der Waals surface area contributed by atoms with E-state index in [1.165, 1.54) is 45.4 Å². The van der Waals surface area contributed by atoms with Crippen LogP contribution in [0.4, 0.5) is 4.79 Å². The van der Waals surface area contributed by atoms with Crippen LogP contribution in [0.2, 0.25) is 0 Å². The summed E-state index contributed by atoms with van der Waals surface area (Å²) in [6.45, 7) is 10.5. The molecule has 2 rings (SSSR count). The van der Waals surface area contributed by atoms with Crippen molar-refractivity contribution in [2.45, 2.75) is 70.6 Å². The second kappa shape index (κ2) is 7.64. The molecule has 0 aromatic carbocycles. The predicted molar refractivity (Wildman–Crippen MR) is 89.1 cm³/mol. The Morgan fingerprint density at radius 3 is 2.36 bits per heavy atom. The third-order valence-electron chi connectivity index (χ3n) is 4.69. The molecule has 2 fully saturated rings. The van der Waals surface area contributed by atoms with Crippen molar-refractivity contribution in [1.82, 2.24) is 15.1 Å². The second-order valence-corrected chi connectivity index (χ2v) is 7.84. The summed E-state index contributed by atoms with van der Waals surface area (Å²) >= 11 is 0. The summed E-state index contributed by atoms with van der Waals surface area (Å²) in [5.74, 6) is 0. The Labute approximate surface area is 135 Å². The van der Waals surface area contributed by atoms with Crippen LogP contribution < -0.4 is 5.32 Å². The molecule has 0 bridgehead atoms. The topological polar surface area (TPSA) is 44.8 Å². The fourth-order valence-corrected chi connectivity index (χ4v) is 3.49. The molecule has 0 unspecified atom stereocenters. The van der Waals surface area contributed by atoms with Crippen LogP contribution in [-0.4, -0.2) is 66.8 Å². The standard InChI is InChI=1S/C17H33N3O2/c1-17(2,3)22-16(21)18-14-6-8-15(9-7-14)20-11-5-10-19(4)12-13-20/h14-15H,5-13H2,1-4H3,(H,18,21)/t14-,15+. The number of hydrogen-bond donors (Lipinski definition) is 1. The van der Waals surface area contributed by atoms with E-state index in [2.05, 4.69) is 22.2 Å². The summed E-state index contributed by atoms with van der Waals surface area (Å²) in [5, 5.41) is 3.03. The molecule has 0 spiro atoms. The van der Waals surface area contributed by atoms with Gasteiger partial charge in [-0.3, -0.25) is 4.90 Å². The zero-order valence-corrected chi connectivity index (χ0v) is 14.7. The molecule has 1 N–H and O–H groups in total. The molecule has 5 nitrogen and oxygen atoms in total. The molecular formula is C17H33N3O2. The van der Waals surface area contributed by atoms with E-state index in [1.807, 2.05) is 20.8 Å². The van der Waals surface area contributed by atoms with E-state index in [0.29, 0.717) is 6.04 Å². The van der Waals surface area contributed by atoms with Crippen molar-refractivity contribution in [1.29, 1.82) is 0 Å². The lowest BCUT2D eigenvalue weighted by molar-refractivity contribution is 0.0477. The first kappa shape index (κ1) is 17.5. The van der Waals surface area contributed by atoms with E-state index in [-0.39, 0.29) is 12.1 Å². The average molecular weight is 311 g/mol. The third-order valence-corrected chi connectivity index (χ3v) is 4.69. The maximum absolute atomic E-state index is 11.8. The lowest BCUT2D eigenvalue weighted by Gasteiger charge is -2.36. The number of hydrogen-bond acceptors (Lipinski definition) is 4. The van der Waals surface area contributed by atoms with Crippen LogP contribution in [-0.2, 0) is 4.74 Å². The van der Waals surface area contributed by atoms with Gasteiger partial charge in [-0.1, -0.05) is 0 Å². The Bertz CT molecular complexity index is 359. The molecule has 128 valence electrons. The maximum Gasteiger partial charge on any atom is 0.407 e. The molecule has 1 saturated heterocycles. The number of likely N-dealkylation sites (N-methyl/N-ethyl adjacent to an activating group) is 1. The van der Waals surface area contributed by atoms with Gasteiger partial charge in [0.1, 0.15) is 5.60 Å². The van der Waals surface area contributed by atoms with Gasteiger partial charge in [0.2, 0.25) is 0 Å². The van der Waals surface area contributed by atoms with Gasteiger partial charge in [-0.25, -0.2) is 4.79 Å². The Morgan fingerprint density at radius 1 is 1.05 bits per heavy atom. The van der Waals surface area contributed by atoms with Gasteiger partial charge < -0.3 is 15.0 Å². The Hall–Kier alpha value is -0.810. The van der Waals surface area contributed by atoms with Crippen LogP contribution >= 0.6 is 0 Å². The maximum atomic E-state index is 11.8. The molecule has 0 aromatic rings. The number of rotatable bonds is 2. The molecule has 2 aliphatic rings. The van der Waals surface area contributed by atoms with E-state index < -0.39 is 5.60 Å². The smallest absolute Gasteiger partial charge is 0.407 e. The molecule has 1 aliphatic heterocycles. The molecule has 0 radical (unpaired) electrons. The van der Waals surface area contributed by atoms with Gasteiger partial charge in [0, 0.05) is 25.2 Å². The minimum absolute atomic E-state index is 0.271. The van der Waals surface area contributed by atoms with E-state index in [0.717, 1.165) is 12.8 Å². The molecule has 1 aliphatic carbocycles. The Morgan fingerprint density at radius 2 is 1.73 bits per heavy atom. The zero-order valence-electron chi connectivity index (χ0n) is 14.7. The highest BCUT2D eigenvalue weighted by Crippen LogP contribution is 2.24. The number of alkyl carbamates (subject to hydrolysis) is 1. The molecule has 0 aromatic heterocycles. The normalized spacial score (nSPS) is 28.9. The van der Waals surface area contributed by atoms with E-state index in [1.54, 1.807) is 0 Å². The number of carbonyl (C=O) groups excluding carboxylic acids is 1. The Kier molecular flexibility index (Phi) is 6.09. The van der Waals surface area contributed by atoms with Crippen LogP contribution in [0.3, 0.4) is 0 Å². The van der Waals surface area contributed by atoms with Crippen molar-refractivity contribution in [3.63, 3.8) is 0 Å². The third kappa shape index (κ3) is 5.76. The second-order valence-electron chi connectivity index (χ2n) is 7.84. The van der Waals surface area contributed by atoms with Gasteiger partial charge in [-0.2, -0.15) is 0 Å². The van der Waals surface area contributed by atoms with Crippen LogP contribution in [0, 0.1) is 0 Å². The molecule has 22 heavy (non-hydrogen) atoms. The number of amides is 1.